The van der Waals surface area contributed by atoms with Crippen LogP contribution >= 0.6 is 0 Å². The molecule has 4 nitrogen and oxygen atoms in total. The van der Waals surface area contributed by atoms with Crippen molar-refractivity contribution in [2.75, 3.05) is 31.1 Å². The van der Waals surface area contributed by atoms with Crippen molar-refractivity contribution < 1.29 is 4.79 Å². The van der Waals surface area contributed by atoms with Crippen LogP contribution in [0.5, 0.6) is 0 Å². The van der Waals surface area contributed by atoms with Crippen LogP contribution in [-0.2, 0) is 11.2 Å². The van der Waals surface area contributed by atoms with Crippen molar-refractivity contribution in [2.45, 2.75) is 12.3 Å². The third-order valence-corrected chi connectivity index (χ3v) is 5.93. The van der Waals surface area contributed by atoms with Gasteiger partial charge < -0.3 is 9.80 Å². The maximum Gasteiger partial charge on any atom is 0.230 e. The van der Waals surface area contributed by atoms with Crippen molar-refractivity contribution in [3.63, 3.8) is 0 Å². The first-order valence-corrected chi connectivity index (χ1v) is 9.93. The zero-order chi connectivity index (χ0) is 18.9. The Morgan fingerprint density at radius 1 is 0.821 bits per heavy atom. The number of aromatic nitrogens is 1. The first kappa shape index (κ1) is 17.0. The number of pyridine rings is 1. The quantitative estimate of drug-likeness (QED) is 0.690. The molecule has 1 aliphatic carbocycles. The third-order valence-electron chi connectivity index (χ3n) is 5.93. The van der Waals surface area contributed by atoms with Gasteiger partial charge in [0.05, 0.1) is 5.92 Å². The fourth-order valence-electron chi connectivity index (χ4n) is 4.47. The molecule has 4 heteroatoms. The molecule has 0 radical (unpaired) electrons. The highest BCUT2D eigenvalue weighted by Crippen LogP contribution is 2.40. The summed E-state index contributed by atoms with van der Waals surface area (Å²) in [7, 11) is 0. The maximum atomic E-state index is 13.5. The zero-order valence-corrected chi connectivity index (χ0v) is 15.8. The Morgan fingerprint density at radius 2 is 1.54 bits per heavy atom. The van der Waals surface area contributed by atoms with Gasteiger partial charge >= 0.3 is 0 Å². The molecule has 2 aliphatic rings. The lowest BCUT2D eigenvalue weighted by atomic mass is 9.78. The van der Waals surface area contributed by atoms with Crippen LogP contribution in [0.1, 0.15) is 17.0 Å². The molecule has 3 aromatic rings. The van der Waals surface area contributed by atoms with Crippen LogP contribution in [-0.4, -0.2) is 42.0 Å². The van der Waals surface area contributed by atoms with E-state index >= 15 is 0 Å². The van der Waals surface area contributed by atoms with Gasteiger partial charge in [-0.3, -0.25) is 4.79 Å². The molecule has 1 amide bonds. The lowest BCUT2D eigenvalue weighted by Crippen LogP contribution is -2.50. The molecule has 0 N–H and O–H groups in total. The lowest BCUT2D eigenvalue weighted by molar-refractivity contribution is -0.133. The predicted octanol–water partition coefficient (Wildman–Crippen LogP) is 3.74. The molecular formula is C24H23N3O. The van der Waals surface area contributed by atoms with Gasteiger partial charge in [0.25, 0.3) is 0 Å². The summed E-state index contributed by atoms with van der Waals surface area (Å²) < 4.78 is 0. The second-order valence-corrected chi connectivity index (χ2v) is 7.50. The summed E-state index contributed by atoms with van der Waals surface area (Å²) in [6, 6.07) is 22.8. The Kier molecular flexibility index (Phi) is 4.32. The minimum absolute atomic E-state index is 0.0903. The normalized spacial score (nSPS) is 18.4. The molecule has 28 heavy (non-hydrogen) atoms. The van der Waals surface area contributed by atoms with E-state index in [4.69, 9.17) is 0 Å². The molecule has 2 heterocycles. The molecule has 1 atom stereocenters. The Morgan fingerprint density at radius 3 is 2.32 bits per heavy atom. The van der Waals surface area contributed by atoms with E-state index in [-0.39, 0.29) is 11.8 Å². The number of benzene rings is 2. The largest absolute Gasteiger partial charge is 0.353 e. The molecule has 140 valence electrons. The number of piperazine rings is 1. The van der Waals surface area contributed by atoms with E-state index in [9.17, 15) is 4.79 Å². The number of hydrogen-bond donors (Lipinski definition) is 0. The Labute approximate surface area is 165 Å². The minimum atomic E-state index is -0.0903. The highest BCUT2D eigenvalue weighted by atomic mass is 16.2. The van der Waals surface area contributed by atoms with E-state index in [1.807, 2.05) is 35.4 Å². The van der Waals surface area contributed by atoms with E-state index in [0.717, 1.165) is 38.4 Å². The Bertz CT molecular complexity index is 993. The standard InChI is InChI=1S/C24H23N3O/c28-24(27-15-13-26(14-16-27)23-11-5-6-12-25-23)22-17-18-7-1-2-8-19(18)20-9-3-4-10-21(20)22/h1-12,22H,13-17H2. The minimum Gasteiger partial charge on any atom is -0.353 e. The van der Waals surface area contributed by atoms with Gasteiger partial charge in [0.2, 0.25) is 5.91 Å². The van der Waals surface area contributed by atoms with Crippen molar-refractivity contribution in [3.05, 3.63) is 84.1 Å². The fourth-order valence-corrected chi connectivity index (χ4v) is 4.47. The van der Waals surface area contributed by atoms with Crippen LogP contribution in [0.15, 0.2) is 72.9 Å². The molecule has 1 fully saturated rings. The average molecular weight is 369 g/mol. The molecule has 1 aromatic heterocycles. The SMILES string of the molecule is O=C(C1Cc2ccccc2-c2ccccc21)N1CCN(c2ccccn2)CC1. The molecule has 1 unspecified atom stereocenters. The number of amides is 1. The van der Waals surface area contributed by atoms with Gasteiger partial charge in [0, 0.05) is 32.4 Å². The molecule has 0 spiro atoms. The van der Waals surface area contributed by atoms with Crippen molar-refractivity contribution in [1.29, 1.82) is 0 Å². The highest BCUT2D eigenvalue weighted by molar-refractivity contribution is 5.90. The number of fused-ring (bicyclic) bond motifs is 3. The van der Waals surface area contributed by atoms with E-state index in [1.165, 1.54) is 22.3 Å². The molecule has 0 bridgehead atoms. The van der Waals surface area contributed by atoms with Crippen molar-refractivity contribution in [2.24, 2.45) is 0 Å². The summed E-state index contributed by atoms with van der Waals surface area (Å²) in [4.78, 5) is 22.2. The molecule has 1 aliphatic heterocycles. The van der Waals surface area contributed by atoms with Gasteiger partial charge in [-0.15, -0.1) is 0 Å². The van der Waals surface area contributed by atoms with Crippen LogP contribution in [0.25, 0.3) is 11.1 Å². The first-order chi connectivity index (χ1) is 13.8. The molecule has 0 saturated carbocycles. The number of anilines is 1. The third kappa shape index (κ3) is 2.95. The van der Waals surface area contributed by atoms with E-state index in [2.05, 4.69) is 52.3 Å². The smallest absolute Gasteiger partial charge is 0.230 e. The van der Waals surface area contributed by atoms with Crippen LogP contribution < -0.4 is 4.90 Å². The molecule has 5 rings (SSSR count). The lowest BCUT2D eigenvalue weighted by Gasteiger charge is -2.38. The van der Waals surface area contributed by atoms with Crippen LogP contribution in [0.2, 0.25) is 0 Å². The van der Waals surface area contributed by atoms with Gasteiger partial charge in [0.1, 0.15) is 5.82 Å². The molecule has 2 aromatic carbocycles. The van der Waals surface area contributed by atoms with Gasteiger partial charge in [-0.1, -0.05) is 54.6 Å². The Balaban J connectivity index is 1.37. The monoisotopic (exact) mass is 369 g/mol. The van der Waals surface area contributed by atoms with E-state index in [0.29, 0.717) is 0 Å². The van der Waals surface area contributed by atoms with Gasteiger partial charge in [-0.2, -0.15) is 0 Å². The van der Waals surface area contributed by atoms with Crippen molar-refractivity contribution >= 4 is 11.7 Å². The highest BCUT2D eigenvalue weighted by Gasteiger charge is 2.33. The van der Waals surface area contributed by atoms with Gasteiger partial charge in [-0.05, 0) is 40.8 Å². The molecule has 1 saturated heterocycles. The average Bonchev–Trinajstić information content (AvgIpc) is 2.79. The number of hydrogen-bond acceptors (Lipinski definition) is 3. The summed E-state index contributed by atoms with van der Waals surface area (Å²) in [5, 5.41) is 0. The number of rotatable bonds is 2. The van der Waals surface area contributed by atoms with Gasteiger partial charge in [-0.25, -0.2) is 4.98 Å². The van der Waals surface area contributed by atoms with E-state index < -0.39 is 0 Å². The number of nitrogens with zero attached hydrogens (tertiary/aromatic N) is 3. The Hall–Kier alpha value is -3.14. The summed E-state index contributed by atoms with van der Waals surface area (Å²) in [5.74, 6) is 1.15. The molecular weight excluding hydrogens is 346 g/mol. The zero-order valence-electron chi connectivity index (χ0n) is 15.8. The maximum absolute atomic E-state index is 13.5. The van der Waals surface area contributed by atoms with Crippen molar-refractivity contribution in [1.82, 2.24) is 9.88 Å². The topological polar surface area (TPSA) is 36.4 Å². The number of carbonyl (C=O) groups excluding carboxylic acids is 1. The van der Waals surface area contributed by atoms with Crippen molar-refractivity contribution in [3.8, 4) is 11.1 Å². The second-order valence-electron chi connectivity index (χ2n) is 7.50. The fraction of sp³-hybridized carbons (Fsp3) is 0.250. The summed E-state index contributed by atoms with van der Waals surface area (Å²) in [6.07, 6.45) is 2.61. The number of carbonyl (C=O) groups is 1. The first-order valence-electron chi connectivity index (χ1n) is 9.93. The van der Waals surface area contributed by atoms with Crippen LogP contribution in [0, 0.1) is 0 Å². The second kappa shape index (κ2) is 7.12. The summed E-state index contributed by atoms with van der Waals surface area (Å²) in [5.41, 5.74) is 4.90. The summed E-state index contributed by atoms with van der Waals surface area (Å²) in [6.45, 7) is 3.15. The predicted molar refractivity (Wildman–Crippen MR) is 111 cm³/mol. The summed E-state index contributed by atoms with van der Waals surface area (Å²) >= 11 is 0. The van der Waals surface area contributed by atoms with Crippen LogP contribution in [0.4, 0.5) is 5.82 Å². The van der Waals surface area contributed by atoms with Crippen LogP contribution in [0.3, 0.4) is 0 Å². The van der Waals surface area contributed by atoms with E-state index in [1.54, 1.807) is 0 Å². The van der Waals surface area contributed by atoms with Gasteiger partial charge in [0.15, 0.2) is 0 Å².